The van der Waals surface area contributed by atoms with Gasteiger partial charge in [-0.15, -0.1) is 11.3 Å². The van der Waals surface area contributed by atoms with Crippen LogP contribution in [0.5, 0.6) is 11.5 Å². The lowest BCUT2D eigenvalue weighted by Gasteiger charge is -2.20. The zero-order valence-corrected chi connectivity index (χ0v) is 15.3. The van der Waals surface area contributed by atoms with Crippen LogP contribution in [0, 0.1) is 0 Å². The first-order valence-electron chi connectivity index (χ1n) is 8.37. The number of hydrogen-bond donors (Lipinski definition) is 2. The summed E-state index contributed by atoms with van der Waals surface area (Å²) in [6, 6.07) is 5.48. The molecule has 0 bridgehead atoms. The third-order valence-electron chi connectivity index (χ3n) is 4.38. The fourth-order valence-electron chi connectivity index (χ4n) is 3.07. The summed E-state index contributed by atoms with van der Waals surface area (Å²) in [6.07, 6.45) is 4.30. The van der Waals surface area contributed by atoms with Gasteiger partial charge < -0.3 is 20.1 Å². The average Bonchev–Trinajstić information content (AvgIpc) is 3.11. The molecule has 1 aromatic heterocycles. The van der Waals surface area contributed by atoms with E-state index in [1.54, 1.807) is 25.6 Å². The molecule has 134 valence electrons. The molecule has 2 aromatic rings. The summed E-state index contributed by atoms with van der Waals surface area (Å²) in [6.45, 7) is 2.08. The summed E-state index contributed by atoms with van der Waals surface area (Å²) in [4.78, 5) is 18.0. The van der Waals surface area contributed by atoms with Crippen molar-refractivity contribution >= 4 is 22.4 Å². The second kappa shape index (κ2) is 8.31. The number of carbonyl (C=O) groups is 1. The van der Waals surface area contributed by atoms with E-state index >= 15 is 0 Å². The number of aromatic nitrogens is 1. The fourth-order valence-corrected chi connectivity index (χ4v) is 4.07. The Morgan fingerprint density at radius 3 is 2.60 bits per heavy atom. The maximum atomic E-state index is 12.4. The number of methoxy groups -OCH3 is 2. The monoisotopic (exact) mass is 361 g/mol. The van der Waals surface area contributed by atoms with Crippen molar-refractivity contribution in [3.05, 3.63) is 34.8 Å². The number of piperidine rings is 1. The van der Waals surface area contributed by atoms with Crippen molar-refractivity contribution in [2.45, 2.75) is 25.2 Å². The second-order valence-corrected chi connectivity index (χ2v) is 7.02. The standard InChI is InChI=1S/C18H23N3O3S/c1-23-14-4-3-5-15(24-2)13(14)10-17(22)21-18-20-11-16(25-18)12-6-8-19-9-7-12/h3-5,11-12,19H,6-10H2,1-2H3,(H,20,21,22). The van der Waals surface area contributed by atoms with Gasteiger partial charge >= 0.3 is 0 Å². The predicted molar refractivity (Wildman–Crippen MR) is 98.8 cm³/mol. The average molecular weight is 361 g/mol. The number of nitrogens with zero attached hydrogens (tertiary/aromatic N) is 1. The van der Waals surface area contributed by atoms with Crippen LogP contribution in [0.3, 0.4) is 0 Å². The molecular weight excluding hydrogens is 338 g/mol. The quantitative estimate of drug-likeness (QED) is 0.828. The Labute approximate surface area is 151 Å². The van der Waals surface area contributed by atoms with Crippen LogP contribution in [0.15, 0.2) is 24.4 Å². The van der Waals surface area contributed by atoms with Gasteiger partial charge in [0.1, 0.15) is 11.5 Å². The van der Waals surface area contributed by atoms with Gasteiger partial charge in [0.25, 0.3) is 0 Å². The molecule has 0 spiro atoms. The van der Waals surface area contributed by atoms with E-state index in [9.17, 15) is 4.79 Å². The number of rotatable bonds is 6. The van der Waals surface area contributed by atoms with Crippen molar-refractivity contribution in [2.75, 3.05) is 32.6 Å². The molecule has 1 saturated heterocycles. The summed E-state index contributed by atoms with van der Waals surface area (Å²) in [7, 11) is 3.17. The molecular formula is C18H23N3O3S. The van der Waals surface area contributed by atoms with Gasteiger partial charge in [0, 0.05) is 16.6 Å². The molecule has 0 aliphatic carbocycles. The summed E-state index contributed by atoms with van der Waals surface area (Å²) >= 11 is 1.56. The van der Waals surface area contributed by atoms with Crippen molar-refractivity contribution in [3.8, 4) is 11.5 Å². The summed E-state index contributed by atoms with van der Waals surface area (Å²) in [5.74, 6) is 1.70. The molecule has 0 unspecified atom stereocenters. The predicted octanol–water partition coefficient (Wildman–Crippen LogP) is 2.81. The van der Waals surface area contributed by atoms with E-state index in [1.165, 1.54) is 4.88 Å². The van der Waals surface area contributed by atoms with Gasteiger partial charge in [-0.05, 0) is 44.0 Å². The number of benzene rings is 1. The zero-order chi connectivity index (χ0) is 17.6. The molecule has 2 heterocycles. The number of hydrogen-bond acceptors (Lipinski definition) is 6. The van der Waals surface area contributed by atoms with Gasteiger partial charge in [-0.25, -0.2) is 4.98 Å². The lowest BCUT2D eigenvalue weighted by molar-refractivity contribution is -0.115. The van der Waals surface area contributed by atoms with Crippen LogP contribution >= 0.6 is 11.3 Å². The van der Waals surface area contributed by atoms with Crippen molar-refractivity contribution in [2.24, 2.45) is 0 Å². The number of nitrogens with one attached hydrogen (secondary N) is 2. The minimum absolute atomic E-state index is 0.131. The molecule has 0 saturated carbocycles. The van der Waals surface area contributed by atoms with Gasteiger partial charge in [-0.2, -0.15) is 0 Å². The highest BCUT2D eigenvalue weighted by molar-refractivity contribution is 7.15. The van der Waals surface area contributed by atoms with Crippen molar-refractivity contribution < 1.29 is 14.3 Å². The maximum Gasteiger partial charge on any atom is 0.230 e. The molecule has 0 radical (unpaired) electrons. The first-order valence-corrected chi connectivity index (χ1v) is 9.19. The number of ether oxygens (including phenoxy) is 2. The Bertz CT molecular complexity index is 704. The molecule has 1 amide bonds. The lowest BCUT2D eigenvalue weighted by atomic mass is 9.97. The van der Waals surface area contributed by atoms with Gasteiger partial charge in [-0.3, -0.25) is 4.79 Å². The number of thiazole rings is 1. The van der Waals surface area contributed by atoms with Gasteiger partial charge in [0.2, 0.25) is 5.91 Å². The van der Waals surface area contributed by atoms with Crippen molar-refractivity contribution in [1.82, 2.24) is 10.3 Å². The highest BCUT2D eigenvalue weighted by Gasteiger charge is 2.19. The Morgan fingerprint density at radius 2 is 1.96 bits per heavy atom. The van der Waals surface area contributed by atoms with Crippen LogP contribution in [-0.2, 0) is 11.2 Å². The Hall–Kier alpha value is -2.12. The van der Waals surface area contributed by atoms with Crippen LogP contribution < -0.4 is 20.1 Å². The summed E-state index contributed by atoms with van der Waals surface area (Å²) < 4.78 is 10.7. The van der Waals surface area contributed by atoms with E-state index in [4.69, 9.17) is 9.47 Å². The molecule has 2 N–H and O–H groups in total. The Morgan fingerprint density at radius 1 is 1.28 bits per heavy atom. The van der Waals surface area contributed by atoms with Crippen LogP contribution in [0.2, 0.25) is 0 Å². The van der Waals surface area contributed by atoms with E-state index in [1.807, 2.05) is 24.4 Å². The molecule has 6 nitrogen and oxygen atoms in total. The minimum atomic E-state index is -0.131. The minimum Gasteiger partial charge on any atom is -0.496 e. The smallest absolute Gasteiger partial charge is 0.230 e. The van der Waals surface area contributed by atoms with E-state index in [0.717, 1.165) is 31.5 Å². The topological polar surface area (TPSA) is 72.5 Å². The van der Waals surface area contributed by atoms with E-state index < -0.39 is 0 Å². The summed E-state index contributed by atoms with van der Waals surface area (Å²) in [5.41, 5.74) is 0.736. The van der Waals surface area contributed by atoms with Gasteiger partial charge in [0.15, 0.2) is 5.13 Å². The molecule has 3 rings (SSSR count). The molecule has 25 heavy (non-hydrogen) atoms. The highest BCUT2D eigenvalue weighted by atomic mass is 32.1. The van der Waals surface area contributed by atoms with Crippen LogP contribution in [0.1, 0.15) is 29.2 Å². The number of amides is 1. The Balaban J connectivity index is 1.66. The second-order valence-electron chi connectivity index (χ2n) is 5.96. The van der Waals surface area contributed by atoms with E-state index in [2.05, 4.69) is 15.6 Å². The van der Waals surface area contributed by atoms with Crippen molar-refractivity contribution in [1.29, 1.82) is 0 Å². The molecule has 7 heteroatoms. The zero-order valence-electron chi connectivity index (χ0n) is 14.5. The lowest BCUT2D eigenvalue weighted by Crippen LogP contribution is -2.26. The maximum absolute atomic E-state index is 12.4. The third kappa shape index (κ3) is 4.29. The van der Waals surface area contributed by atoms with Crippen LogP contribution in [-0.4, -0.2) is 38.2 Å². The normalized spacial score (nSPS) is 15.0. The number of anilines is 1. The molecule has 1 aromatic carbocycles. The molecule has 0 atom stereocenters. The third-order valence-corrected chi connectivity index (χ3v) is 5.45. The number of carbonyl (C=O) groups excluding carboxylic acids is 1. The molecule has 1 fully saturated rings. The Kier molecular flexibility index (Phi) is 5.88. The molecule has 1 aliphatic heterocycles. The fraction of sp³-hybridized carbons (Fsp3) is 0.444. The first kappa shape index (κ1) is 17.7. The SMILES string of the molecule is COc1cccc(OC)c1CC(=O)Nc1ncc(C2CCNCC2)s1. The van der Waals surface area contributed by atoms with Gasteiger partial charge in [-0.1, -0.05) is 6.07 Å². The largest absolute Gasteiger partial charge is 0.496 e. The van der Waals surface area contributed by atoms with E-state index in [-0.39, 0.29) is 12.3 Å². The highest BCUT2D eigenvalue weighted by Crippen LogP contribution is 2.32. The van der Waals surface area contributed by atoms with Crippen LogP contribution in [0.25, 0.3) is 0 Å². The van der Waals surface area contributed by atoms with Crippen molar-refractivity contribution in [3.63, 3.8) is 0 Å². The summed E-state index contributed by atoms with van der Waals surface area (Å²) in [5, 5.41) is 6.90. The van der Waals surface area contributed by atoms with Gasteiger partial charge in [0.05, 0.1) is 20.6 Å². The van der Waals surface area contributed by atoms with Crippen LogP contribution in [0.4, 0.5) is 5.13 Å². The van der Waals surface area contributed by atoms with E-state index in [0.29, 0.717) is 22.5 Å². The first-order chi connectivity index (χ1) is 12.2. The molecule has 1 aliphatic rings.